The minimum Gasteiger partial charge on any atom is -0.465 e. The molecule has 0 amide bonds. The first-order valence-electron chi connectivity index (χ1n) is 25.5. The van der Waals surface area contributed by atoms with Gasteiger partial charge in [0.25, 0.3) is 0 Å². The third-order valence-corrected chi connectivity index (χ3v) is 11.8. The van der Waals surface area contributed by atoms with Gasteiger partial charge in [0.05, 0.1) is 18.9 Å². The molecule has 4 atom stereocenters. The van der Waals surface area contributed by atoms with Crippen LogP contribution >= 0.6 is 0 Å². The fourth-order valence-corrected chi connectivity index (χ4v) is 7.39. The van der Waals surface area contributed by atoms with Gasteiger partial charge in [0, 0.05) is 38.5 Å². The minimum absolute atomic E-state index is 0.0276. The van der Waals surface area contributed by atoms with Crippen molar-refractivity contribution in [2.75, 3.05) is 59.3 Å². The first-order valence-corrected chi connectivity index (χ1v) is 25.5. The summed E-state index contributed by atoms with van der Waals surface area (Å²) in [6.07, 6.45) is 32.4. The molecule has 1 aliphatic rings. The number of carbonyl (C=O) groups excluding carboxylic acids is 3. The van der Waals surface area contributed by atoms with E-state index in [4.69, 9.17) is 28.4 Å². The van der Waals surface area contributed by atoms with E-state index in [9.17, 15) is 14.4 Å². The van der Waals surface area contributed by atoms with Gasteiger partial charge in [-0.3, -0.25) is 9.59 Å². The predicted molar refractivity (Wildman–Crippen MR) is 262 cm³/mol. The molecule has 1 heterocycles. The van der Waals surface area contributed by atoms with Crippen molar-refractivity contribution in [2.45, 2.75) is 197 Å². The number of hydrogen-bond donors (Lipinski definition) is 0. The Morgan fingerprint density at radius 1 is 0.609 bits per heavy atom. The minimum atomic E-state index is -0.766. The Morgan fingerprint density at radius 3 is 1.72 bits per heavy atom. The van der Waals surface area contributed by atoms with Crippen molar-refractivity contribution in [3.05, 3.63) is 47.6 Å². The molecule has 64 heavy (non-hydrogen) atoms. The van der Waals surface area contributed by atoms with E-state index in [1.54, 1.807) is 0 Å². The maximum Gasteiger partial charge on any atom is 0.508 e. The van der Waals surface area contributed by atoms with Crippen LogP contribution in [0.15, 0.2) is 47.6 Å². The highest BCUT2D eigenvalue weighted by Gasteiger charge is 2.24. The second kappa shape index (κ2) is 40.3. The fraction of sp³-hybridized carbons (Fsp3) is 0.796. The zero-order valence-corrected chi connectivity index (χ0v) is 42.2. The van der Waals surface area contributed by atoms with Crippen molar-refractivity contribution in [1.82, 2.24) is 4.90 Å². The molecule has 0 aromatic rings. The lowest BCUT2D eigenvalue weighted by Crippen LogP contribution is -2.28. The molecule has 0 aromatic carbocycles. The van der Waals surface area contributed by atoms with Gasteiger partial charge in [0.1, 0.15) is 19.8 Å². The highest BCUT2D eigenvalue weighted by molar-refractivity contribution is 5.69. The lowest BCUT2D eigenvalue weighted by atomic mass is 10.0. The second-order valence-electron chi connectivity index (χ2n) is 18.8. The van der Waals surface area contributed by atoms with E-state index in [0.717, 1.165) is 110 Å². The van der Waals surface area contributed by atoms with Crippen molar-refractivity contribution in [1.29, 1.82) is 0 Å². The van der Waals surface area contributed by atoms with E-state index < -0.39 is 24.3 Å². The summed E-state index contributed by atoms with van der Waals surface area (Å²) in [5.41, 5.74) is 2.67. The Hall–Kier alpha value is -2.95. The molecule has 0 bridgehead atoms. The third kappa shape index (κ3) is 36.3. The van der Waals surface area contributed by atoms with Crippen molar-refractivity contribution in [2.24, 2.45) is 23.7 Å². The van der Waals surface area contributed by atoms with Crippen molar-refractivity contribution in [3.63, 3.8) is 0 Å². The van der Waals surface area contributed by atoms with Crippen LogP contribution in [0.2, 0.25) is 0 Å². The van der Waals surface area contributed by atoms with Gasteiger partial charge in [-0.2, -0.15) is 0 Å². The predicted octanol–water partition coefficient (Wildman–Crippen LogP) is 13.7. The number of carbonyl (C=O) groups is 3. The molecule has 4 unspecified atom stereocenters. The van der Waals surface area contributed by atoms with Crippen molar-refractivity contribution >= 4 is 18.1 Å². The van der Waals surface area contributed by atoms with Gasteiger partial charge in [-0.1, -0.05) is 107 Å². The quantitative estimate of drug-likeness (QED) is 0.0194. The molecule has 0 N–H and O–H groups in total. The van der Waals surface area contributed by atoms with Gasteiger partial charge >= 0.3 is 18.1 Å². The lowest BCUT2D eigenvalue weighted by molar-refractivity contribution is -0.162. The number of esters is 2. The van der Waals surface area contributed by atoms with E-state index in [1.165, 1.54) is 36.8 Å². The first-order chi connectivity index (χ1) is 30.9. The van der Waals surface area contributed by atoms with Crippen LogP contribution in [0.25, 0.3) is 0 Å². The van der Waals surface area contributed by atoms with E-state index in [-0.39, 0.29) is 38.1 Å². The summed E-state index contributed by atoms with van der Waals surface area (Å²) in [5, 5.41) is 0. The zero-order chi connectivity index (χ0) is 47.0. The van der Waals surface area contributed by atoms with Gasteiger partial charge in [0.15, 0.2) is 6.29 Å². The number of ether oxygens (including phenoxy) is 6. The van der Waals surface area contributed by atoms with Gasteiger partial charge in [-0.25, -0.2) is 4.79 Å². The summed E-state index contributed by atoms with van der Waals surface area (Å²) in [5.74, 6) is 0.0562. The summed E-state index contributed by atoms with van der Waals surface area (Å²) < 4.78 is 34.6. The van der Waals surface area contributed by atoms with Crippen LogP contribution in [0.4, 0.5) is 4.79 Å². The highest BCUT2D eigenvalue weighted by atomic mass is 16.7. The number of unbranched alkanes of at least 4 members (excludes halogenated alkanes) is 8. The van der Waals surface area contributed by atoms with Gasteiger partial charge in [0.2, 0.25) is 0 Å². The molecular formula is C54H95NO9. The average molecular weight is 902 g/mol. The second-order valence-corrected chi connectivity index (χ2v) is 18.8. The first kappa shape index (κ1) is 59.1. The largest absolute Gasteiger partial charge is 0.508 e. The molecular weight excluding hydrogens is 807 g/mol. The van der Waals surface area contributed by atoms with Gasteiger partial charge in [-0.15, -0.1) is 0 Å². The fourth-order valence-electron chi connectivity index (χ4n) is 7.39. The normalized spacial score (nSPS) is 16.1. The number of nitrogens with zero attached hydrogens (tertiary/aromatic N) is 1. The summed E-state index contributed by atoms with van der Waals surface area (Å²) >= 11 is 0. The Morgan fingerprint density at radius 2 is 1.16 bits per heavy atom. The van der Waals surface area contributed by atoms with E-state index in [1.807, 2.05) is 0 Å². The molecule has 1 aliphatic heterocycles. The highest BCUT2D eigenvalue weighted by Crippen LogP contribution is 2.19. The van der Waals surface area contributed by atoms with Crippen LogP contribution < -0.4 is 0 Å². The van der Waals surface area contributed by atoms with Crippen LogP contribution in [-0.2, 0) is 38.0 Å². The summed E-state index contributed by atoms with van der Waals surface area (Å²) in [6, 6.07) is 0. The average Bonchev–Trinajstić information content (AvgIpc) is 3.73. The number of hydrogen-bond acceptors (Lipinski definition) is 10. The molecule has 0 spiro atoms. The molecule has 0 radical (unpaired) electrons. The topological polar surface area (TPSA) is 110 Å². The molecule has 10 nitrogen and oxygen atoms in total. The number of rotatable bonds is 40. The number of likely N-dealkylation sites (tertiary alicyclic amines) is 1. The van der Waals surface area contributed by atoms with Crippen LogP contribution in [-0.4, -0.2) is 88.6 Å². The Balaban J connectivity index is 2.63. The van der Waals surface area contributed by atoms with Crippen LogP contribution in [0.1, 0.15) is 190 Å². The van der Waals surface area contributed by atoms with Gasteiger partial charge in [-0.05, 0) is 136 Å². The Labute approximate surface area is 391 Å². The molecule has 10 heteroatoms. The van der Waals surface area contributed by atoms with Crippen LogP contribution in [0.3, 0.4) is 0 Å². The molecule has 1 fully saturated rings. The smallest absolute Gasteiger partial charge is 0.465 e. The van der Waals surface area contributed by atoms with Crippen LogP contribution in [0, 0.1) is 23.7 Å². The van der Waals surface area contributed by atoms with E-state index >= 15 is 0 Å². The molecule has 370 valence electrons. The van der Waals surface area contributed by atoms with Crippen LogP contribution in [0.5, 0.6) is 0 Å². The van der Waals surface area contributed by atoms with Crippen molar-refractivity contribution < 1.29 is 42.8 Å². The van der Waals surface area contributed by atoms with Gasteiger partial charge < -0.3 is 33.3 Å². The standard InChI is InChI=1S/C54H95NO9/c1-9-11-12-13-14-15-16-17-18-19-20-21-22-23-24-31-51(56)61-42-50(44-64-54(58)63-41-49-34-37-55(10-2)40-49)43-62-52(57)32-33-53(59-38-35-47(7)29-25-27-45(3)4)60-39-36-48(8)30-26-28-46(5)6/h14-15,17-18,27-28,47-50,53H,9-13,16,19-26,29-44H2,1-8H3/b15-14-,18-17-. The molecule has 0 aliphatic carbocycles. The SMILES string of the molecule is CCCCC/C=C\C/C=C\CCCCCCCC(=O)OCC(COC(=O)CCC(OCCC(C)CCC=C(C)C)OCCC(C)CCC=C(C)C)COC(=O)OCC1CCN(CC)C1. The maximum atomic E-state index is 13.1. The molecule has 1 saturated heterocycles. The third-order valence-electron chi connectivity index (χ3n) is 11.8. The Bertz CT molecular complexity index is 1270. The van der Waals surface area contributed by atoms with E-state index in [0.29, 0.717) is 44.5 Å². The lowest BCUT2D eigenvalue weighted by Gasteiger charge is -2.21. The molecule has 0 saturated carbocycles. The Kier molecular flexibility index (Phi) is 37.2. The summed E-state index contributed by atoms with van der Waals surface area (Å²) in [6.45, 7) is 21.4. The maximum absolute atomic E-state index is 13.1. The van der Waals surface area contributed by atoms with E-state index in [2.05, 4.69) is 96.7 Å². The molecule has 1 rings (SSSR count). The number of allylic oxidation sites excluding steroid dienone is 8. The summed E-state index contributed by atoms with van der Waals surface area (Å²) in [7, 11) is 0. The monoisotopic (exact) mass is 902 g/mol. The van der Waals surface area contributed by atoms with Crippen molar-refractivity contribution in [3.8, 4) is 0 Å². The zero-order valence-electron chi connectivity index (χ0n) is 42.2. The summed E-state index contributed by atoms with van der Waals surface area (Å²) in [4.78, 5) is 40.8. The molecule has 0 aromatic heterocycles.